The molecule has 1 aliphatic rings. The average molecular weight is 611 g/mol. The molecular weight excluding hydrogens is 584 g/mol. The highest BCUT2D eigenvalue weighted by atomic mass is 35.5. The monoisotopic (exact) mass is 610 g/mol. The van der Waals surface area contributed by atoms with E-state index in [-0.39, 0.29) is 12.2 Å². The molecule has 6 rings (SSSR count). The van der Waals surface area contributed by atoms with Crippen molar-refractivity contribution in [3.8, 4) is 22.7 Å². The smallest absolute Gasteiger partial charge is 0.338 e. The van der Waals surface area contributed by atoms with E-state index in [1.807, 2.05) is 79.0 Å². The van der Waals surface area contributed by atoms with Gasteiger partial charge in [-0.15, -0.1) is 0 Å². The molecule has 0 N–H and O–H groups in total. The quantitative estimate of drug-likeness (QED) is 0.233. The molecular formula is C33H27ClN4O4S. The molecule has 0 saturated carbocycles. The van der Waals surface area contributed by atoms with Gasteiger partial charge in [-0.1, -0.05) is 65.4 Å². The first-order chi connectivity index (χ1) is 20.9. The molecule has 0 amide bonds. The normalized spacial score (nSPS) is 14.8. The predicted molar refractivity (Wildman–Crippen MR) is 167 cm³/mol. The second-order valence-electron chi connectivity index (χ2n) is 9.80. The zero-order valence-corrected chi connectivity index (χ0v) is 25.2. The number of esters is 1. The Labute approximate surface area is 256 Å². The Bertz CT molecular complexity index is 2030. The topological polar surface area (TPSA) is 87.7 Å². The van der Waals surface area contributed by atoms with Crippen molar-refractivity contribution < 1.29 is 14.3 Å². The van der Waals surface area contributed by atoms with Crippen molar-refractivity contribution in [2.75, 3.05) is 13.7 Å². The van der Waals surface area contributed by atoms with Crippen molar-refractivity contribution in [1.29, 1.82) is 0 Å². The molecule has 216 valence electrons. The number of thiazole rings is 1. The van der Waals surface area contributed by atoms with Crippen LogP contribution in [0.25, 0.3) is 23.0 Å². The van der Waals surface area contributed by atoms with Gasteiger partial charge < -0.3 is 9.47 Å². The van der Waals surface area contributed by atoms with Crippen LogP contribution in [0, 0.1) is 0 Å². The average Bonchev–Trinajstić information content (AvgIpc) is 3.58. The van der Waals surface area contributed by atoms with Gasteiger partial charge in [-0.05, 0) is 61.9 Å². The lowest BCUT2D eigenvalue weighted by atomic mass is 9.96. The van der Waals surface area contributed by atoms with Crippen LogP contribution >= 0.6 is 22.9 Å². The van der Waals surface area contributed by atoms with Crippen LogP contribution in [0.1, 0.15) is 31.0 Å². The van der Waals surface area contributed by atoms with Crippen LogP contribution in [0.4, 0.5) is 0 Å². The highest BCUT2D eigenvalue weighted by Gasteiger charge is 2.33. The molecule has 0 saturated heterocycles. The fraction of sp³-hybridized carbons (Fsp3) is 0.152. The maximum Gasteiger partial charge on any atom is 0.338 e. The first-order valence-electron chi connectivity index (χ1n) is 13.6. The number of rotatable bonds is 7. The molecule has 0 fully saturated rings. The van der Waals surface area contributed by atoms with Gasteiger partial charge in [0.1, 0.15) is 11.4 Å². The summed E-state index contributed by atoms with van der Waals surface area (Å²) < 4.78 is 14.6. The van der Waals surface area contributed by atoms with E-state index >= 15 is 0 Å². The summed E-state index contributed by atoms with van der Waals surface area (Å²) in [6.07, 6.45) is 3.72. The van der Waals surface area contributed by atoms with E-state index in [0.29, 0.717) is 37.1 Å². The third-order valence-corrected chi connectivity index (χ3v) is 8.35. The lowest BCUT2D eigenvalue weighted by molar-refractivity contribution is -0.139. The zero-order chi connectivity index (χ0) is 30.1. The second-order valence-corrected chi connectivity index (χ2v) is 11.2. The number of hydrogen-bond donors (Lipinski definition) is 0. The number of carbonyl (C=O) groups excluding carboxylic acids is 1. The standard InChI is InChI=1S/C33H27ClN4O4S/c1-4-42-32(40)28-20(2)35-33-38(30(28)22-12-16-26(41-3)17-13-22)31(39)27(43-33)18-23-19-37(25-8-6-5-7-9-25)36-29(23)21-10-14-24(34)15-11-21/h5-19,30H,4H2,1-3H3. The molecule has 0 radical (unpaired) electrons. The van der Waals surface area contributed by atoms with Crippen LogP contribution in [-0.4, -0.2) is 34.0 Å². The lowest BCUT2D eigenvalue weighted by Gasteiger charge is -2.24. The minimum Gasteiger partial charge on any atom is -0.497 e. The fourth-order valence-electron chi connectivity index (χ4n) is 5.07. The minimum absolute atomic E-state index is 0.203. The molecule has 1 unspecified atom stereocenters. The van der Waals surface area contributed by atoms with Gasteiger partial charge in [-0.25, -0.2) is 14.5 Å². The number of carbonyl (C=O) groups is 1. The summed E-state index contributed by atoms with van der Waals surface area (Å²) in [4.78, 5) is 32.5. The number of para-hydroxylation sites is 1. The van der Waals surface area contributed by atoms with Gasteiger partial charge in [0.2, 0.25) is 0 Å². The number of allylic oxidation sites excluding steroid dienone is 1. The van der Waals surface area contributed by atoms with Crippen molar-refractivity contribution in [2.45, 2.75) is 19.9 Å². The summed E-state index contributed by atoms with van der Waals surface area (Å²) in [5.74, 6) is 0.160. The number of benzene rings is 3. The van der Waals surface area contributed by atoms with E-state index in [2.05, 4.69) is 4.99 Å². The van der Waals surface area contributed by atoms with Crippen molar-refractivity contribution >= 4 is 35.0 Å². The zero-order valence-electron chi connectivity index (χ0n) is 23.7. The van der Waals surface area contributed by atoms with Gasteiger partial charge in [-0.2, -0.15) is 5.10 Å². The van der Waals surface area contributed by atoms with Gasteiger partial charge in [0.15, 0.2) is 4.80 Å². The Morgan fingerprint density at radius 1 is 1.05 bits per heavy atom. The third kappa shape index (κ3) is 5.45. The molecule has 2 aromatic heterocycles. The number of methoxy groups -OCH3 is 1. The SMILES string of the molecule is CCOC(=O)C1=C(C)N=c2sc(=Cc3cn(-c4ccccc4)nc3-c3ccc(Cl)cc3)c(=O)n2C1c1ccc(OC)cc1. The Kier molecular flexibility index (Phi) is 7.84. The number of aromatic nitrogens is 3. The summed E-state index contributed by atoms with van der Waals surface area (Å²) in [6, 6.07) is 23.8. The van der Waals surface area contributed by atoms with E-state index in [4.69, 9.17) is 26.2 Å². The number of ether oxygens (including phenoxy) is 2. The van der Waals surface area contributed by atoms with Crippen LogP contribution in [-0.2, 0) is 9.53 Å². The first kappa shape index (κ1) is 28.4. The number of halogens is 1. The van der Waals surface area contributed by atoms with Gasteiger partial charge >= 0.3 is 5.97 Å². The third-order valence-electron chi connectivity index (χ3n) is 7.12. The van der Waals surface area contributed by atoms with Gasteiger partial charge in [0.25, 0.3) is 5.56 Å². The molecule has 10 heteroatoms. The van der Waals surface area contributed by atoms with Gasteiger partial charge in [0, 0.05) is 22.3 Å². The molecule has 8 nitrogen and oxygen atoms in total. The van der Waals surface area contributed by atoms with E-state index in [9.17, 15) is 9.59 Å². The second kappa shape index (κ2) is 11.9. The highest BCUT2D eigenvalue weighted by Crippen LogP contribution is 2.32. The summed E-state index contributed by atoms with van der Waals surface area (Å²) in [5.41, 5.74) is 4.48. The molecule has 0 spiro atoms. The predicted octanol–water partition coefficient (Wildman–Crippen LogP) is 5.31. The number of nitrogens with zero attached hydrogens (tertiary/aromatic N) is 4. The van der Waals surface area contributed by atoms with Crippen molar-refractivity contribution in [3.63, 3.8) is 0 Å². The van der Waals surface area contributed by atoms with Crippen LogP contribution in [0.3, 0.4) is 0 Å². The maximum absolute atomic E-state index is 14.2. The molecule has 0 bridgehead atoms. The highest BCUT2D eigenvalue weighted by molar-refractivity contribution is 7.07. The van der Waals surface area contributed by atoms with Crippen LogP contribution < -0.4 is 19.6 Å². The summed E-state index contributed by atoms with van der Waals surface area (Å²) in [6.45, 7) is 3.72. The van der Waals surface area contributed by atoms with E-state index in [1.54, 1.807) is 42.3 Å². The summed E-state index contributed by atoms with van der Waals surface area (Å²) in [5, 5.41) is 5.49. The summed E-state index contributed by atoms with van der Waals surface area (Å²) in [7, 11) is 1.59. The van der Waals surface area contributed by atoms with E-state index in [0.717, 1.165) is 22.4 Å². The minimum atomic E-state index is -0.717. The van der Waals surface area contributed by atoms with Crippen molar-refractivity contribution in [2.24, 2.45) is 4.99 Å². The molecule has 3 aromatic carbocycles. The molecule has 1 aliphatic heterocycles. The molecule has 43 heavy (non-hydrogen) atoms. The van der Waals surface area contributed by atoms with Crippen molar-refractivity contribution in [1.82, 2.24) is 14.3 Å². The Morgan fingerprint density at radius 2 is 1.77 bits per heavy atom. The first-order valence-corrected chi connectivity index (χ1v) is 14.8. The van der Waals surface area contributed by atoms with E-state index < -0.39 is 12.0 Å². The van der Waals surface area contributed by atoms with E-state index in [1.165, 1.54) is 11.3 Å². The Morgan fingerprint density at radius 3 is 2.44 bits per heavy atom. The van der Waals surface area contributed by atoms with Crippen LogP contribution in [0.2, 0.25) is 5.02 Å². The van der Waals surface area contributed by atoms with Gasteiger partial charge in [0.05, 0.1) is 41.2 Å². The maximum atomic E-state index is 14.2. The largest absolute Gasteiger partial charge is 0.497 e. The molecule has 1 atom stereocenters. The van der Waals surface area contributed by atoms with Crippen LogP contribution in [0.15, 0.2) is 106 Å². The molecule has 5 aromatic rings. The van der Waals surface area contributed by atoms with Gasteiger partial charge in [-0.3, -0.25) is 9.36 Å². The van der Waals surface area contributed by atoms with Crippen molar-refractivity contribution in [3.05, 3.63) is 132 Å². The lowest BCUT2D eigenvalue weighted by Crippen LogP contribution is -2.39. The summed E-state index contributed by atoms with van der Waals surface area (Å²) >= 11 is 7.43. The Balaban J connectivity index is 1.55. The fourth-order valence-corrected chi connectivity index (χ4v) is 6.24. The number of fused-ring (bicyclic) bond motifs is 1. The van der Waals surface area contributed by atoms with Crippen LogP contribution in [0.5, 0.6) is 5.75 Å². The molecule has 3 heterocycles. The molecule has 0 aliphatic carbocycles. The Hall–Kier alpha value is -4.73. The number of hydrogen-bond acceptors (Lipinski definition) is 7.